The van der Waals surface area contributed by atoms with E-state index in [1.807, 2.05) is 0 Å². The van der Waals surface area contributed by atoms with E-state index in [9.17, 15) is 14.4 Å². The van der Waals surface area contributed by atoms with Crippen LogP contribution in [0.25, 0.3) is 0 Å². The average molecular weight is 813 g/mol. The molecule has 0 saturated carbocycles. The van der Waals surface area contributed by atoms with Crippen molar-refractivity contribution in [2.75, 3.05) is 13.2 Å². The summed E-state index contributed by atoms with van der Waals surface area (Å²) in [4.78, 5) is 37.8. The van der Waals surface area contributed by atoms with Crippen LogP contribution in [0.15, 0.2) is 48.6 Å². The predicted octanol–water partition coefficient (Wildman–Crippen LogP) is 15.9. The summed E-state index contributed by atoms with van der Waals surface area (Å²) in [6, 6.07) is 0. The highest BCUT2D eigenvalue weighted by molar-refractivity contribution is 5.71. The van der Waals surface area contributed by atoms with Gasteiger partial charge in [0.05, 0.1) is 0 Å². The van der Waals surface area contributed by atoms with Crippen molar-refractivity contribution in [1.82, 2.24) is 0 Å². The van der Waals surface area contributed by atoms with Crippen molar-refractivity contribution < 1.29 is 28.6 Å². The molecule has 1 atom stereocenters. The summed E-state index contributed by atoms with van der Waals surface area (Å²) >= 11 is 0. The van der Waals surface area contributed by atoms with Gasteiger partial charge in [0.15, 0.2) is 6.10 Å². The SMILES string of the molecule is CC\C=C/C=C\C=C/CCCCCCCC(=O)OC(COC(=O)CCCCCC/C=C\CCCC)COC(=O)CCCCCCCCCCCCCCCCCCC. The second-order valence-electron chi connectivity index (χ2n) is 16.4. The lowest BCUT2D eigenvalue weighted by molar-refractivity contribution is -0.167. The first-order chi connectivity index (χ1) is 28.5. The van der Waals surface area contributed by atoms with Crippen LogP contribution in [0.5, 0.6) is 0 Å². The highest BCUT2D eigenvalue weighted by atomic mass is 16.6. The van der Waals surface area contributed by atoms with Crippen LogP contribution in [-0.2, 0) is 28.6 Å². The zero-order chi connectivity index (χ0) is 42.3. The Balaban J connectivity index is 4.34. The number of hydrogen-bond acceptors (Lipinski definition) is 6. The maximum Gasteiger partial charge on any atom is 0.306 e. The molecule has 0 aromatic rings. The lowest BCUT2D eigenvalue weighted by atomic mass is 10.0. The largest absolute Gasteiger partial charge is 0.462 e. The first-order valence-electron chi connectivity index (χ1n) is 24.7. The van der Waals surface area contributed by atoms with Gasteiger partial charge in [0.2, 0.25) is 0 Å². The number of ether oxygens (including phenoxy) is 3. The van der Waals surface area contributed by atoms with E-state index >= 15 is 0 Å². The number of esters is 3. The zero-order valence-corrected chi connectivity index (χ0v) is 38.3. The van der Waals surface area contributed by atoms with Crippen molar-refractivity contribution in [2.24, 2.45) is 0 Å². The van der Waals surface area contributed by atoms with Gasteiger partial charge in [0, 0.05) is 19.3 Å². The van der Waals surface area contributed by atoms with Crippen LogP contribution in [0.4, 0.5) is 0 Å². The van der Waals surface area contributed by atoms with E-state index in [0.717, 1.165) is 103 Å². The van der Waals surface area contributed by atoms with Gasteiger partial charge < -0.3 is 14.2 Å². The van der Waals surface area contributed by atoms with E-state index in [1.165, 1.54) is 103 Å². The van der Waals surface area contributed by atoms with Gasteiger partial charge in [-0.1, -0.05) is 217 Å². The van der Waals surface area contributed by atoms with Gasteiger partial charge in [-0.25, -0.2) is 0 Å². The van der Waals surface area contributed by atoms with E-state index < -0.39 is 6.10 Å². The van der Waals surface area contributed by atoms with E-state index in [4.69, 9.17) is 14.2 Å². The van der Waals surface area contributed by atoms with Crippen LogP contribution in [0.3, 0.4) is 0 Å². The summed E-state index contributed by atoms with van der Waals surface area (Å²) in [6.45, 7) is 6.44. The quantitative estimate of drug-likeness (QED) is 0.0200. The number of carbonyl (C=O) groups excluding carboxylic acids is 3. The minimum atomic E-state index is -0.784. The molecule has 0 N–H and O–H groups in total. The number of rotatable bonds is 44. The second kappa shape index (κ2) is 47.1. The van der Waals surface area contributed by atoms with Crippen molar-refractivity contribution in [1.29, 1.82) is 0 Å². The fraction of sp³-hybridized carbons (Fsp3) is 0.788. The van der Waals surface area contributed by atoms with E-state index in [2.05, 4.69) is 69.4 Å². The Morgan fingerprint density at radius 2 is 0.707 bits per heavy atom. The Hall–Kier alpha value is -2.63. The maximum absolute atomic E-state index is 12.7. The lowest BCUT2D eigenvalue weighted by Crippen LogP contribution is -2.30. The summed E-state index contributed by atoms with van der Waals surface area (Å²) < 4.78 is 16.7. The first-order valence-corrected chi connectivity index (χ1v) is 24.7. The topological polar surface area (TPSA) is 78.9 Å². The number of carbonyl (C=O) groups is 3. The molecule has 58 heavy (non-hydrogen) atoms. The van der Waals surface area contributed by atoms with Crippen LogP contribution < -0.4 is 0 Å². The fourth-order valence-electron chi connectivity index (χ4n) is 6.89. The molecule has 6 nitrogen and oxygen atoms in total. The van der Waals surface area contributed by atoms with Gasteiger partial charge in [-0.05, 0) is 57.8 Å². The van der Waals surface area contributed by atoms with Gasteiger partial charge in [-0.2, -0.15) is 0 Å². The van der Waals surface area contributed by atoms with Gasteiger partial charge >= 0.3 is 17.9 Å². The Kier molecular flexibility index (Phi) is 44.9. The highest BCUT2D eigenvalue weighted by Crippen LogP contribution is 2.15. The number of hydrogen-bond donors (Lipinski definition) is 0. The van der Waals surface area contributed by atoms with Crippen molar-refractivity contribution >= 4 is 17.9 Å². The van der Waals surface area contributed by atoms with Crippen molar-refractivity contribution in [3.05, 3.63) is 48.6 Å². The number of unbranched alkanes of at least 4 members (excludes halogenated alkanes) is 27. The molecule has 0 amide bonds. The molecule has 0 bridgehead atoms. The molecular formula is C52H92O6. The Labute approximate surface area is 358 Å². The second-order valence-corrected chi connectivity index (χ2v) is 16.4. The molecule has 0 radical (unpaired) electrons. The average Bonchev–Trinajstić information content (AvgIpc) is 3.22. The smallest absolute Gasteiger partial charge is 0.306 e. The number of allylic oxidation sites excluding steroid dienone is 8. The monoisotopic (exact) mass is 813 g/mol. The predicted molar refractivity (Wildman–Crippen MR) is 247 cm³/mol. The Morgan fingerprint density at radius 1 is 0.362 bits per heavy atom. The highest BCUT2D eigenvalue weighted by Gasteiger charge is 2.19. The molecule has 0 aromatic carbocycles. The molecule has 0 spiro atoms. The van der Waals surface area contributed by atoms with Crippen LogP contribution in [-0.4, -0.2) is 37.2 Å². The first kappa shape index (κ1) is 55.4. The maximum atomic E-state index is 12.7. The lowest BCUT2D eigenvalue weighted by Gasteiger charge is -2.18. The summed E-state index contributed by atoms with van der Waals surface area (Å²) in [5, 5.41) is 0. The molecule has 0 aromatic heterocycles. The molecule has 0 aliphatic rings. The van der Waals surface area contributed by atoms with Crippen LogP contribution >= 0.6 is 0 Å². The third-order valence-corrected chi connectivity index (χ3v) is 10.6. The summed E-state index contributed by atoms with van der Waals surface area (Å²) in [7, 11) is 0. The molecule has 0 aliphatic heterocycles. The van der Waals surface area contributed by atoms with Crippen LogP contribution in [0, 0.1) is 0 Å². The summed E-state index contributed by atoms with van der Waals surface area (Å²) in [6.07, 6.45) is 55.3. The fourth-order valence-corrected chi connectivity index (χ4v) is 6.89. The van der Waals surface area contributed by atoms with E-state index in [-0.39, 0.29) is 31.1 Å². The van der Waals surface area contributed by atoms with E-state index in [1.54, 1.807) is 0 Å². The van der Waals surface area contributed by atoms with Crippen LogP contribution in [0.2, 0.25) is 0 Å². The zero-order valence-electron chi connectivity index (χ0n) is 38.3. The molecule has 0 heterocycles. The molecule has 6 heteroatoms. The van der Waals surface area contributed by atoms with E-state index in [0.29, 0.717) is 19.3 Å². The van der Waals surface area contributed by atoms with Gasteiger partial charge in [0.25, 0.3) is 0 Å². The van der Waals surface area contributed by atoms with Crippen molar-refractivity contribution in [3.8, 4) is 0 Å². The van der Waals surface area contributed by atoms with Crippen molar-refractivity contribution in [2.45, 2.75) is 252 Å². The minimum absolute atomic E-state index is 0.0832. The molecule has 0 rings (SSSR count). The standard InChI is InChI=1S/C52H92O6/c1-4-7-10-13-16-19-22-24-25-26-27-29-30-33-36-39-42-45-51(54)57-48-49(47-56-50(53)44-41-38-35-32-21-18-15-12-9-6-3)58-52(55)46-43-40-37-34-31-28-23-20-17-14-11-8-5-2/h8,11,14-15,17-18,20,23,49H,4-7,9-10,12-13,16,19,21-22,24-48H2,1-3H3/b11-8-,17-14-,18-15-,23-20-. The molecular weight excluding hydrogens is 721 g/mol. The third-order valence-electron chi connectivity index (χ3n) is 10.6. The van der Waals surface area contributed by atoms with Crippen LogP contribution in [0.1, 0.15) is 245 Å². The molecule has 0 fully saturated rings. The third kappa shape index (κ3) is 44.5. The molecule has 0 saturated heterocycles. The molecule has 336 valence electrons. The summed E-state index contributed by atoms with van der Waals surface area (Å²) in [5.74, 6) is -0.914. The van der Waals surface area contributed by atoms with Gasteiger partial charge in [-0.15, -0.1) is 0 Å². The molecule has 1 unspecified atom stereocenters. The minimum Gasteiger partial charge on any atom is -0.462 e. The summed E-state index contributed by atoms with van der Waals surface area (Å²) in [5.41, 5.74) is 0. The van der Waals surface area contributed by atoms with Crippen molar-refractivity contribution in [3.63, 3.8) is 0 Å². The van der Waals surface area contributed by atoms with Gasteiger partial charge in [0.1, 0.15) is 13.2 Å². The Morgan fingerprint density at radius 3 is 1.14 bits per heavy atom. The Bertz CT molecular complexity index is 1030. The molecule has 0 aliphatic carbocycles. The normalized spacial score (nSPS) is 12.4. The van der Waals surface area contributed by atoms with Gasteiger partial charge in [-0.3, -0.25) is 14.4 Å².